The number of imide groups is 1. The Morgan fingerprint density at radius 2 is 1.81 bits per heavy atom. The maximum atomic E-state index is 13.5. The lowest BCUT2D eigenvalue weighted by Gasteiger charge is -2.30. The van der Waals surface area contributed by atoms with Crippen LogP contribution in [0.3, 0.4) is 0 Å². The number of hydrazine groups is 1. The van der Waals surface area contributed by atoms with Gasteiger partial charge in [-0.25, -0.2) is 5.01 Å². The van der Waals surface area contributed by atoms with Crippen molar-refractivity contribution in [2.45, 2.75) is 32.7 Å². The number of benzene rings is 2. The van der Waals surface area contributed by atoms with Crippen LogP contribution in [0.15, 0.2) is 53.0 Å². The molecule has 0 unspecified atom stereocenters. The van der Waals surface area contributed by atoms with E-state index >= 15 is 0 Å². The molecule has 9 heteroatoms. The van der Waals surface area contributed by atoms with E-state index in [4.69, 9.17) is 0 Å². The first-order valence-electron chi connectivity index (χ1n) is 10.4. The number of nitrogens with zero attached hydrogens (tertiary/aromatic N) is 3. The third kappa shape index (κ3) is 4.17. The molecule has 2 aliphatic rings. The molecular weight excluding hydrogens is 478 g/mol. The van der Waals surface area contributed by atoms with E-state index in [0.717, 1.165) is 32.5 Å². The lowest BCUT2D eigenvalue weighted by molar-refractivity contribution is -0.384. The van der Waals surface area contributed by atoms with Gasteiger partial charge >= 0.3 is 0 Å². The van der Waals surface area contributed by atoms with Crippen LogP contribution in [0.1, 0.15) is 42.1 Å². The predicted octanol–water partition coefficient (Wildman–Crippen LogP) is 4.34. The highest BCUT2D eigenvalue weighted by molar-refractivity contribution is 9.10. The van der Waals surface area contributed by atoms with Crippen LogP contribution >= 0.6 is 15.9 Å². The number of carbonyl (C=O) groups excluding carboxylic acids is 3. The highest BCUT2D eigenvalue weighted by Crippen LogP contribution is 2.41. The zero-order valence-electron chi connectivity index (χ0n) is 17.4. The fraction of sp³-hybridized carbons (Fsp3) is 0.348. The van der Waals surface area contributed by atoms with Crippen LogP contribution in [0.5, 0.6) is 0 Å². The van der Waals surface area contributed by atoms with E-state index in [9.17, 15) is 24.5 Å². The van der Waals surface area contributed by atoms with Crippen molar-refractivity contribution in [3.63, 3.8) is 0 Å². The number of carbonyl (C=O) groups is 3. The topological polar surface area (TPSA) is 101 Å². The van der Waals surface area contributed by atoms with Crippen LogP contribution in [0, 0.1) is 27.9 Å². The number of nitro groups is 1. The molecule has 2 fully saturated rings. The fourth-order valence-electron chi connectivity index (χ4n) is 4.51. The Morgan fingerprint density at radius 3 is 2.50 bits per heavy atom. The second-order valence-corrected chi connectivity index (χ2v) is 9.33. The molecule has 0 N–H and O–H groups in total. The molecule has 2 aromatic carbocycles. The predicted molar refractivity (Wildman–Crippen MR) is 119 cm³/mol. The third-order valence-corrected chi connectivity index (χ3v) is 6.72. The molecule has 0 spiro atoms. The summed E-state index contributed by atoms with van der Waals surface area (Å²) in [6.07, 6.45) is 2.09. The second-order valence-electron chi connectivity index (χ2n) is 8.42. The average Bonchev–Trinajstić information content (AvgIpc) is 3.02. The molecule has 3 atom stereocenters. The van der Waals surface area contributed by atoms with Gasteiger partial charge in [-0.2, -0.15) is 5.01 Å². The number of fused-ring (bicyclic) bond motifs is 1. The summed E-state index contributed by atoms with van der Waals surface area (Å²) < 4.78 is 0.853. The number of nitro benzene ring substituents is 1. The molecule has 1 aliphatic heterocycles. The van der Waals surface area contributed by atoms with E-state index in [1.807, 2.05) is 0 Å². The fourth-order valence-corrected chi connectivity index (χ4v) is 4.77. The Hall–Kier alpha value is -3.07. The molecular formula is C23H22BrN3O5. The van der Waals surface area contributed by atoms with Gasteiger partial charge < -0.3 is 0 Å². The van der Waals surface area contributed by atoms with E-state index in [2.05, 4.69) is 22.9 Å². The second kappa shape index (κ2) is 8.82. The molecule has 32 heavy (non-hydrogen) atoms. The summed E-state index contributed by atoms with van der Waals surface area (Å²) in [6, 6.07) is 12.5. The molecule has 4 rings (SSSR count). The normalized spacial score (nSPS) is 22.6. The molecule has 8 nitrogen and oxygen atoms in total. The number of rotatable bonds is 5. The standard InChI is InChI=1S/C23H22BrN3O5/c1-14-5-10-19-20(11-14)23(30)26(22(19)29)25(13-15-6-8-17(24)9-7-15)21(28)16-3-2-4-18(12-16)27(31)32/h2-4,6-9,12,14,19-20H,5,10-11,13H2,1H3/t14-,19-,20+/m1/s1. The zero-order valence-corrected chi connectivity index (χ0v) is 19.0. The number of halogens is 1. The molecule has 0 bridgehead atoms. The Kier molecular flexibility index (Phi) is 6.10. The summed E-state index contributed by atoms with van der Waals surface area (Å²) in [5.74, 6) is -1.91. The number of hydrogen-bond donors (Lipinski definition) is 0. The lowest BCUT2D eigenvalue weighted by atomic mass is 9.76. The van der Waals surface area contributed by atoms with Crippen molar-refractivity contribution in [2.24, 2.45) is 17.8 Å². The Labute approximate surface area is 193 Å². The Bertz CT molecular complexity index is 1090. The summed E-state index contributed by atoms with van der Waals surface area (Å²) in [4.78, 5) is 50.6. The minimum Gasteiger partial charge on any atom is -0.272 e. The first-order chi connectivity index (χ1) is 15.3. The molecule has 166 valence electrons. The van der Waals surface area contributed by atoms with E-state index < -0.39 is 22.7 Å². The third-order valence-electron chi connectivity index (χ3n) is 6.19. The van der Waals surface area contributed by atoms with E-state index in [-0.39, 0.29) is 29.6 Å². The molecule has 0 aromatic heterocycles. The lowest BCUT2D eigenvalue weighted by Crippen LogP contribution is -2.49. The molecule has 3 amide bonds. The number of amides is 3. The van der Waals surface area contributed by atoms with Crippen LogP contribution in [0.25, 0.3) is 0 Å². The van der Waals surface area contributed by atoms with Crippen molar-refractivity contribution in [2.75, 3.05) is 0 Å². The molecule has 2 aromatic rings. The van der Waals surface area contributed by atoms with Crippen molar-refractivity contribution < 1.29 is 19.3 Å². The minimum atomic E-state index is -0.634. The largest absolute Gasteiger partial charge is 0.273 e. The van der Waals surface area contributed by atoms with Gasteiger partial charge in [-0.1, -0.05) is 41.1 Å². The van der Waals surface area contributed by atoms with Gasteiger partial charge in [0, 0.05) is 22.2 Å². The minimum absolute atomic E-state index is 0.0126. The SMILES string of the molecule is C[C@@H]1CC[C@H]2C(=O)N(N(Cc3ccc(Br)cc3)C(=O)c3cccc([N+](=O)[O-])c3)C(=O)[C@H]2C1. The summed E-state index contributed by atoms with van der Waals surface area (Å²) >= 11 is 3.37. The molecule has 1 aliphatic carbocycles. The van der Waals surface area contributed by atoms with Gasteiger partial charge in [-0.15, -0.1) is 0 Å². The average molecular weight is 500 g/mol. The van der Waals surface area contributed by atoms with E-state index in [0.29, 0.717) is 18.8 Å². The summed E-state index contributed by atoms with van der Waals surface area (Å²) in [6.45, 7) is 2.05. The number of hydrogen-bond acceptors (Lipinski definition) is 5. The Morgan fingerprint density at radius 1 is 1.12 bits per heavy atom. The summed E-state index contributed by atoms with van der Waals surface area (Å²) in [7, 11) is 0. The first kappa shape index (κ1) is 22.1. The van der Waals surface area contributed by atoms with Crippen molar-refractivity contribution in [3.05, 3.63) is 74.2 Å². The highest BCUT2D eigenvalue weighted by atomic mass is 79.9. The first-order valence-corrected chi connectivity index (χ1v) is 11.2. The zero-order chi connectivity index (χ0) is 23.0. The van der Waals surface area contributed by atoms with Gasteiger partial charge in [0.25, 0.3) is 23.4 Å². The monoisotopic (exact) mass is 499 g/mol. The van der Waals surface area contributed by atoms with Crippen molar-refractivity contribution in [1.29, 1.82) is 0 Å². The van der Waals surface area contributed by atoms with E-state index in [1.165, 1.54) is 18.2 Å². The van der Waals surface area contributed by atoms with Gasteiger partial charge in [-0.3, -0.25) is 24.5 Å². The van der Waals surface area contributed by atoms with Crippen molar-refractivity contribution >= 4 is 39.3 Å². The van der Waals surface area contributed by atoms with E-state index in [1.54, 1.807) is 24.3 Å². The van der Waals surface area contributed by atoms with Crippen LogP contribution in [-0.2, 0) is 16.1 Å². The summed E-state index contributed by atoms with van der Waals surface area (Å²) in [5, 5.41) is 13.3. The maximum absolute atomic E-state index is 13.5. The van der Waals surface area contributed by atoms with Crippen LogP contribution < -0.4 is 0 Å². The van der Waals surface area contributed by atoms with Crippen LogP contribution in [0.2, 0.25) is 0 Å². The van der Waals surface area contributed by atoms with Crippen LogP contribution in [-0.4, -0.2) is 32.7 Å². The van der Waals surface area contributed by atoms with Gasteiger partial charge in [0.05, 0.1) is 23.3 Å². The van der Waals surface area contributed by atoms with Gasteiger partial charge in [-0.05, 0) is 48.9 Å². The smallest absolute Gasteiger partial charge is 0.272 e. The van der Waals surface area contributed by atoms with Crippen molar-refractivity contribution in [3.8, 4) is 0 Å². The van der Waals surface area contributed by atoms with Gasteiger partial charge in [0.2, 0.25) is 0 Å². The Balaban J connectivity index is 1.72. The number of non-ortho nitro benzene ring substituents is 1. The van der Waals surface area contributed by atoms with Gasteiger partial charge in [0.15, 0.2) is 0 Å². The molecule has 1 saturated carbocycles. The summed E-state index contributed by atoms with van der Waals surface area (Å²) in [5.41, 5.74) is 0.525. The quantitative estimate of drug-likeness (QED) is 0.346. The maximum Gasteiger partial charge on any atom is 0.273 e. The molecule has 1 heterocycles. The molecule has 0 radical (unpaired) electrons. The van der Waals surface area contributed by atoms with Crippen molar-refractivity contribution in [1.82, 2.24) is 10.0 Å². The molecule has 1 saturated heterocycles. The van der Waals surface area contributed by atoms with Gasteiger partial charge in [0.1, 0.15) is 0 Å². The van der Waals surface area contributed by atoms with Crippen LogP contribution in [0.4, 0.5) is 5.69 Å². The highest BCUT2D eigenvalue weighted by Gasteiger charge is 2.52.